The van der Waals surface area contributed by atoms with E-state index < -0.39 is 4.99 Å². The third kappa shape index (κ3) is 3.76. The van der Waals surface area contributed by atoms with Crippen molar-refractivity contribution in [1.29, 1.82) is 0 Å². The second-order valence-electron chi connectivity index (χ2n) is 2.98. The molecule has 1 aromatic rings. The molecule has 1 rings (SSSR count). The van der Waals surface area contributed by atoms with Crippen molar-refractivity contribution in [2.24, 2.45) is 11.5 Å². The van der Waals surface area contributed by atoms with Gasteiger partial charge in [0.25, 0.3) is 0 Å². The summed E-state index contributed by atoms with van der Waals surface area (Å²) in [5.41, 5.74) is 12.3. The van der Waals surface area contributed by atoms with Gasteiger partial charge in [-0.25, -0.2) is 0 Å². The molecule has 0 fully saturated rings. The summed E-state index contributed by atoms with van der Waals surface area (Å²) in [6, 6.07) is 10.1. The SMILES string of the molecule is NC(N)(S)CCc1ccccc1. The lowest BCUT2D eigenvalue weighted by atomic mass is 10.1. The normalized spacial score (nSPS) is 11.6. The van der Waals surface area contributed by atoms with Crippen LogP contribution in [0.4, 0.5) is 0 Å². The van der Waals surface area contributed by atoms with Gasteiger partial charge in [-0.3, -0.25) is 0 Å². The monoisotopic (exact) mass is 182 g/mol. The summed E-state index contributed by atoms with van der Waals surface area (Å²) in [5.74, 6) is 0. The molecule has 12 heavy (non-hydrogen) atoms. The van der Waals surface area contributed by atoms with E-state index in [0.717, 1.165) is 6.42 Å². The molecule has 0 aromatic heterocycles. The third-order valence-electron chi connectivity index (χ3n) is 1.66. The summed E-state index contributed by atoms with van der Waals surface area (Å²) in [7, 11) is 0. The molecule has 0 bridgehead atoms. The highest BCUT2D eigenvalue weighted by molar-refractivity contribution is 7.81. The molecule has 0 unspecified atom stereocenters. The first-order valence-corrected chi connectivity index (χ1v) is 4.37. The van der Waals surface area contributed by atoms with E-state index in [4.69, 9.17) is 11.5 Å². The van der Waals surface area contributed by atoms with Crippen molar-refractivity contribution in [3.63, 3.8) is 0 Å². The van der Waals surface area contributed by atoms with Crippen LogP contribution in [-0.4, -0.2) is 4.99 Å². The van der Waals surface area contributed by atoms with Gasteiger partial charge in [0.2, 0.25) is 0 Å². The number of rotatable bonds is 3. The van der Waals surface area contributed by atoms with Crippen molar-refractivity contribution in [3.05, 3.63) is 35.9 Å². The Bertz CT molecular complexity index is 228. The van der Waals surface area contributed by atoms with Gasteiger partial charge in [-0.15, -0.1) is 12.6 Å². The number of benzene rings is 1. The summed E-state index contributed by atoms with van der Waals surface area (Å²) in [5, 5.41) is 0. The summed E-state index contributed by atoms with van der Waals surface area (Å²) in [6.45, 7) is 0. The van der Waals surface area contributed by atoms with Crippen molar-refractivity contribution >= 4 is 12.6 Å². The van der Waals surface area contributed by atoms with Crippen LogP contribution in [0.3, 0.4) is 0 Å². The van der Waals surface area contributed by atoms with Crippen LogP contribution < -0.4 is 11.5 Å². The maximum atomic E-state index is 5.53. The maximum Gasteiger partial charge on any atom is 0.109 e. The lowest BCUT2D eigenvalue weighted by Crippen LogP contribution is -2.43. The van der Waals surface area contributed by atoms with Crippen LogP contribution >= 0.6 is 12.6 Å². The molecule has 0 spiro atoms. The quantitative estimate of drug-likeness (QED) is 0.484. The predicted molar refractivity (Wildman–Crippen MR) is 54.9 cm³/mol. The van der Waals surface area contributed by atoms with E-state index in [-0.39, 0.29) is 0 Å². The van der Waals surface area contributed by atoms with Gasteiger partial charge in [0, 0.05) is 0 Å². The van der Waals surface area contributed by atoms with Crippen LogP contribution in [-0.2, 0) is 6.42 Å². The smallest absolute Gasteiger partial charge is 0.109 e. The van der Waals surface area contributed by atoms with Gasteiger partial charge < -0.3 is 11.5 Å². The zero-order valence-corrected chi connectivity index (χ0v) is 7.80. The second kappa shape index (κ2) is 3.94. The second-order valence-corrected chi connectivity index (χ2v) is 3.81. The van der Waals surface area contributed by atoms with Crippen molar-refractivity contribution in [3.8, 4) is 0 Å². The largest absolute Gasteiger partial charge is 0.305 e. The number of thiol groups is 1. The Hall–Kier alpha value is -0.510. The highest BCUT2D eigenvalue weighted by atomic mass is 32.1. The van der Waals surface area contributed by atoms with Gasteiger partial charge in [-0.05, 0) is 18.4 Å². The molecule has 0 atom stereocenters. The molecule has 4 N–H and O–H groups in total. The fourth-order valence-corrected chi connectivity index (χ4v) is 1.10. The minimum absolute atomic E-state index is 0.681. The minimum Gasteiger partial charge on any atom is -0.305 e. The lowest BCUT2D eigenvalue weighted by Gasteiger charge is -2.16. The van der Waals surface area contributed by atoms with Crippen LogP contribution in [0.25, 0.3) is 0 Å². The number of aryl methyl sites for hydroxylation is 1. The Morgan fingerprint density at radius 3 is 2.25 bits per heavy atom. The molecule has 1 aromatic carbocycles. The number of hydrogen-bond donors (Lipinski definition) is 3. The molecule has 0 saturated heterocycles. The minimum atomic E-state index is -0.851. The van der Waals surface area contributed by atoms with E-state index in [1.807, 2.05) is 18.2 Å². The number of hydrogen-bond acceptors (Lipinski definition) is 3. The van der Waals surface area contributed by atoms with E-state index in [0.29, 0.717) is 6.42 Å². The van der Waals surface area contributed by atoms with Crippen molar-refractivity contribution in [2.45, 2.75) is 17.8 Å². The topological polar surface area (TPSA) is 52.0 Å². The average Bonchev–Trinajstić information content (AvgIpc) is 2.02. The first-order valence-electron chi connectivity index (χ1n) is 3.92. The predicted octanol–water partition coefficient (Wildman–Crippen LogP) is 1.12. The molecule has 0 heterocycles. The Kier molecular flexibility index (Phi) is 3.14. The number of nitrogens with two attached hydrogens (primary N) is 2. The van der Waals surface area contributed by atoms with Gasteiger partial charge in [-0.2, -0.15) is 0 Å². The van der Waals surface area contributed by atoms with Crippen LogP contribution in [0.15, 0.2) is 30.3 Å². The van der Waals surface area contributed by atoms with Crippen molar-refractivity contribution < 1.29 is 0 Å². The van der Waals surface area contributed by atoms with Gasteiger partial charge >= 0.3 is 0 Å². The van der Waals surface area contributed by atoms with Gasteiger partial charge in [0.1, 0.15) is 4.99 Å². The highest BCUT2D eigenvalue weighted by Crippen LogP contribution is 2.09. The van der Waals surface area contributed by atoms with E-state index in [2.05, 4.69) is 24.8 Å². The summed E-state index contributed by atoms with van der Waals surface area (Å²) >= 11 is 4.04. The molecule has 0 saturated carbocycles. The van der Waals surface area contributed by atoms with Crippen LogP contribution in [0, 0.1) is 0 Å². The van der Waals surface area contributed by atoms with Crippen LogP contribution in [0.1, 0.15) is 12.0 Å². The van der Waals surface area contributed by atoms with Crippen molar-refractivity contribution in [2.75, 3.05) is 0 Å². The molecule has 0 radical (unpaired) electrons. The van der Waals surface area contributed by atoms with Gasteiger partial charge in [0.15, 0.2) is 0 Å². The highest BCUT2D eigenvalue weighted by Gasteiger charge is 2.11. The first kappa shape index (κ1) is 9.58. The Labute approximate surface area is 78.4 Å². The molecular formula is C9H14N2S. The van der Waals surface area contributed by atoms with Gasteiger partial charge in [0.05, 0.1) is 0 Å². The van der Waals surface area contributed by atoms with Crippen LogP contribution in [0.5, 0.6) is 0 Å². The Morgan fingerprint density at radius 2 is 1.75 bits per heavy atom. The average molecular weight is 182 g/mol. The molecule has 2 nitrogen and oxygen atoms in total. The Balaban J connectivity index is 2.44. The zero-order valence-electron chi connectivity index (χ0n) is 6.90. The third-order valence-corrected chi connectivity index (χ3v) is 1.88. The summed E-state index contributed by atoms with van der Waals surface area (Å²) in [4.78, 5) is -0.851. The maximum absolute atomic E-state index is 5.53. The molecular weight excluding hydrogens is 168 g/mol. The van der Waals surface area contributed by atoms with E-state index in [9.17, 15) is 0 Å². The van der Waals surface area contributed by atoms with Gasteiger partial charge in [-0.1, -0.05) is 30.3 Å². The van der Waals surface area contributed by atoms with E-state index in [1.165, 1.54) is 5.56 Å². The first-order chi connectivity index (χ1) is 5.58. The fraction of sp³-hybridized carbons (Fsp3) is 0.333. The van der Waals surface area contributed by atoms with Crippen molar-refractivity contribution in [1.82, 2.24) is 0 Å². The zero-order chi connectivity index (χ0) is 9.03. The van der Waals surface area contributed by atoms with E-state index >= 15 is 0 Å². The molecule has 3 heteroatoms. The Morgan fingerprint density at radius 1 is 1.17 bits per heavy atom. The molecule has 0 aliphatic rings. The molecule has 0 aliphatic carbocycles. The standard InChI is InChI=1S/C9H14N2S/c10-9(11,12)7-6-8-4-2-1-3-5-8/h1-5,12H,6-7,10-11H2. The lowest BCUT2D eigenvalue weighted by molar-refractivity contribution is 0.589. The molecule has 0 amide bonds. The van der Waals surface area contributed by atoms with Crippen LogP contribution in [0.2, 0.25) is 0 Å². The molecule has 66 valence electrons. The van der Waals surface area contributed by atoms with E-state index in [1.54, 1.807) is 0 Å². The fourth-order valence-electron chi connectivity index (χ4n) is 0.989. The molecule has 0 aliphatic heterocycles. The summed E-state index contributed by atoms with van der Waals surface area (Å²) in [6.07, 6.45) is 1.55. The summed E-state index contributed by atoms with van der Waals surface area (Å²) < 4.78 is 0.